The maximum atomic E-state index is 11.9. The van der Waals surface area contributed by atoms with E-state index in [1.54, 1.807) is 6.07 Å². The molecule has 7 nitrogen and oxygen atoms in total. The van der Waals surface area contributed by atoms with Crippen molar-refractivity contribution < 1.29 is 18.0 Å². The van der Waals surface area contributed by atoms with Crippen molar-refractivity contribution in [2.45, 2.75) is 23.6 Å². The number of hydrogen-bond donors (Lipinski definition) is 3. The SMILES string of the molecule is Cc1ccc(S(=O)(=O)NCCC2NC(=O)NC2=O)s1. The van der Waals surface area contributed by atoms with Crippen molar-refractivity contribution in [1.29, 1.82) is 0 Å². The molecule has 1 saturated heterocycles. The standard InChI is InChI=1S/C10H13N3O4S2/c1-6-2-3-8(18-6)19(16,17)11-5-4-7-9(14)13-10(15)12-7/h2-3,7,11H,4-5H2,1H3,(H2,12,13,14,15). The quantitative estimate of drug-likeness (QED) is 0.662. The molecule has 2 heterocycles. The zero-order chi connectivity index (χ0) is 14.0. The summed E-state index contributed by atoms with van der Waals surface area (Å²) < 4.78 is 26.4. The van der Waals surface area contributed by atoms with Gasteiger partial charge in [-0.3, -0.25) is 10.1 Å². The molecule has 2 rings (SSSR count). The molecule has 1 fully saturated rings. The molecule has 104 valence electrons. The Morgan fingerprint density at radius 2 is 2.11 bits per heavy atom. The first-order valence-electron chi connectivity index (χ1n) is 5.56. The molecule has 0 saturated carbocycles. The van der Waals surface area contributed by atoms with E-state index in [-0.39, 0.29) is 17.2 Å². The van der Waals surface area contributed by atoms with Crippen LogP contribution in [0.15, 0.2) is 16.3 Å². The van der Waals surface area contributed by atoms with Crippen LogP contribution in [-0.2, 0) is 14.8 Å². The lowest BCUT2D eigenvalue weighted by atomic mass is 10.2. The molecule has 0 aromatic carbocycles. The maximum absolute atomic E-state index is 11.9. The van der Waals surface area contributed by atoms with Crippen LogP contribution >= 0.6 is 11.3 Å². The summed E-state index contributed by atoms with van der Waals surface area (Å²) >= 11 is 1.18. The zero-order valence-electron chi connectivity index (χ0n) is 10.1. The summed E-state index contributed by atoms with van der Waals surface area (Å²) in [7, 11) is -3.54. The van der Waals surface area contributed by atoms with Crippen molar-refractivity contribution >= 4 is 33.3 Å². The Labute approximate surface area is 114 Å². The van der Waals surface area contributed by atoms with Crippen molar-refractivity contribution in [2.75, 3.05) is 6.54 Å². The number of amides is 3. The Balaban J connectivity index is 1.89. The Hall–Kier alpha value is -1.45. The van der Waals surface area contributed by atoms with Gasteiger partial charge in [0.25, 0.3) is 5.91 Å². The number of carbonyl (C=O) groups is 2. The van der Waals surface area contributed by atoms with Gasteiger partial charge in [0.2, 0.25) is 10.0 Å². The van der Waals surface area contributed by atoms with Gasteiger partial charge in [-0.2, -0.15) is 0 Å². The van der Waals surface area contributed by atoms with Crippen LogP contribution in [0.4, 0.5) is 4.79 Å². The first kappa shape index (κ1) is 14.0. The molecule has 1 unspecified atom stereocenters. The van der Waals surface area contributed by atoms with Gasteiger partial charge >= 0.3 is 6.03 Å². The monoisotopic (exact) mass is 303 g/mol. The number of rotatable bonds is 5. The molecule has 1 atom stereocenters. The van der Waals surface area contributed by atoms with Gasteiger partial charge in [0.1, 0.15) is 10.3 Å². The van der Waals surface area contributed by atoms with Crippen molar-refractivity contribution in [1.82, 2.24) is 15.4 Å². The Kier molecular flexibility index (Phi) is 3.88. The topological polar surface area (TPSA) is 104 Å². The first-order chi connectivity index (χ1) is 8.88. The summed E-state index contributed by atoms with van der Waals surface area (Å²) in [5, 5.41) is 4.49. The third kappa shape index (κ3) is 3.31. The second kappa shape index (κ2) is 5.27. The van der Waals surface area contributed by atoms with Gasteiger partial charge in [-0.25, -0.2) is 17.9 Å². The van der Waals surface area contributed by atoms with Crippen LogP contribution in [0.3, 0.4) is 0 Å². The molecule has 0 aliphatic carbocycles. The average Bonchev–Trinajstić information content (AvgIpc) is 2.86. The van der Waals surface area contributed by atoms with Crippen LogP contribution in [0.25, 0.3) is 0 Å². The van der Waals surface area contributed by atoms with Gasteiger partial charge in [0.15, 0.2) is 0 Å². The summed E-state index contributed by atoms with van der Waals surface area (Å²) in [6.07, 6.45) is 0.209. The fourth-order valence-electron chi connectivity index (χ4n) is 1.63. The molecule has 0 bridgehead atoms. The number of aryl methyl sites for hydroxylation is 1. The van der Waals surface area contributed by atoms with E-state index in [0.29, 0.717) is 0 Å². The summed E-state index contributed by atoms with van der Waals surface area (Å²) in [5.74, 6) is -0.434. The normalized spacial score (nSPS) is 19.3. The number of thiophene rings is 1. The average molecular weight is 303 g/mol. The number of nitrogens with one attached hydrogen (secondary N) is 3. The van der Waals surface area contributed by atoms with Crippen molar-refractivity contribution in [2.24, 2.45) is 0 Å². The Morgan fingerprint density at radius 3 is 2.63 bits per heavy atom. The lowest BCUT2D eigenvalue weighted by molar-refractivity contribution is -0.120. The second-order valence-electron chi connectivity index (χ2n) is 4.07. The number of hydrogen-bond acceptors (Lipinski definition) is 5. The number of imide groups is 1. The Bertz CT molecular complexity index is 608. The number of sulfonamides is 1. The van der Waals surface area contributed by atoms with E-state index in [9.17, 15) is 18.0 Å². The van der Waals surface area contributed by atoms with Gasteiger partial charge in [-0.1, -0.05) is 0 Å². The van der Waals surface area contributed by atoms with E-state index in [1.165, 1.54) is 17.4 Å². The second-order valence-corrected chi connectivity index (χ2v) is 7.35. The van der Waals surface area contributed by atoms with Gasteiger partial charge in [-0.05, 0) is 25.5 Å². The third-order valence-electron chi connectivity index (χ3n) is 2.56. The van der Waals surface area contributed by atoms with Crippen LogP contribution < -0.4 is 15.4 Å². The molecule has 3 amide bonds. The summed E-state index contributed by atoms with van der Waals surface area (Å²) in [5.41, 5.74) is 0. The molecule has 0 spiro atoms. The predicted molar refractivity (Wildman–Crippen MR) is 69.3 cm³/mol. The molecule has 9 heteroatoms. The molecule has 1 aromatic rings. The van der Waals surface area contributed by atoms with E-state index >= 15 is 0 Å². The smallest absolute Gasteiger partial charge is 0.322 e. The molecule has 0 radical (unpaired) electrons. The van der Waals surface area contributed by atoms with E-state index in [4.69, 9.17) is 0 Å². The fraction of sp³-hybridized carbons (Fsp3) is 0.400. The van der Waals surface area contributed by atoms with E-state index < -0.39 is 28.0 Å². The van der Waals surface area contributed by atoms with Gasteiger partial charge in [0, 0.05) is 11.4 Å². The highest BCUT2D eigenvalue weighted by Gasteiger charge is 2.29. The number of urea groups is 1. The van der Waals surface area contributed by atoms with E-state index in [0.717, 1.165) is 4.88 Å². The van der Waals surface area contributed by atoms with E-state index in [1.807, 2.05) is 6.92 Å². The lowest BCUT2D eigenvalue weighted by Crippen LogP contribution is -2.34. The van der Waals surface area contributed by atoms with Crippen LogP contribution in [0.1, 0.15) is 11.3 Å². The van der Waals surface area contributed by atoms with Crippen molar-refractivity contribution in [3.8, 4) is 0 Å². The molecule has 1 aliphatic heterocycles. The van der Waals surface area contributed by atoms with Gasteiger partial charge in [-0.15, -0.1) is 11.3 Å². The minimum atomic E-state index is -3.54. The van der Waals surface area contributed by atoms with E-state index in [2.05, 4.69) is 15.4 Å². The molecular formula is C10H13N3O4S2. The molecule has 19 heavy (non-hydrogen) atoms. The van der Waals surface area contributed by atoms with Crippen LogP contribution in [0, 0.1) is 6.92 Å². The van der Waals surface area contributed by atoms with Gasteiger partial charge in [0.05, 0.1) is 0 Å². The van der Waals surface area contributed by atoms with Crippen LogP contribution in [-0.4, -0.2) is 32.9 Å². The maximum Gasteiger partial charge on any atom is 0.322 e. The Morgan fingerprint density at radius 1 is 1.37 bits per heavy atom. The van der Waals surface area contributed by atoms with Gasteiger partial charge < -0.3 is 5.32 Å². The molecule has 3 N–H and O–H groups in total. The van der Waals surface area contributed by atoms with Crippen LogP contribution in [0.2, 0.25) is 0 Å². The highest BCUT2D eigenvalue weighted by atomic mass is 32.2. The predicted octanol–water partition coefficient (Wildman–Crippen LogP) is -0.0671. The lowest BCUT2D eigenvalue weighted by Gasteiger charge is -2.08. The molecule has 1 aliphatic rings. The third-order valence-corrected chi connectivity index (χ3v) is 5.52. The minimum Gasteiger partial charge on any atom is -0.326 e. The highest BCUT2D eigenvalue weighted by molar-refractivity contribution is 7.91. The molecule has 1 aromatic heterocycles. The van der Waals surface area contributed by atoms with Crippen LogP contribution in [0.5, 0.6) is 0 Å². The summed E-state index contributed by atoms with van der Waals surface area (Å²) in [6, 6.07) is 2.03. The summed E-state index contributed by atoms with van der Waals surface area (Å²) in [4.78, 5) is 23.0. The summed E-state index contributed by atoms with van der Waals surface area (Å²) in [6.45, 7) is 1.90. The first-order valence-corrected chi connectivity index (χ1v) is 7.86. The number of carbonyl (C=O) groups excluding carboxylic acids is 2. The van der Waals surface area contributed by atoms with Crippen molar-refractivity contribution in [3.63, 3.8) is 0 Å². The zero-order valence-corrected chi connectivity index (χ0v) is 11.7. The largest absolute Gasteiger partial charge is 0.326 e. The van der Waals surface area contributed by atoms with Crippen molar-refractivity contribution in [3.05, 3.63) is 17.0 Å². The molecular weight excluding hydrogens is 290 g/mol. The minimum absolute atomic E-state index is 0.0810. The highest BCUT2D eigenvalue weighted by Crippen LogP contribution is 2.20. The fourth-order valence-corrected chi connectivity index (χ4v) is 4.00.